The van der Waals surface area contributed by atoms with Gasteiger partial charge in [-0.05, 0) is 40.5 Å². The van der Waals surface area contributed by atoms with Crippen LogP contribution in [-0.2, 0) is 10.0 Å². The van der Waals surface area contributed by atoms with Crippen LogP contribution in [0.15, 0.2) is 27.6 Å². The number of aliphatic hydroxyl groups is 1. The van der Waals surface area contributed by atoms with E-state index >= 15 is 0 Å². The first-order valence-electron chi connectivity index (χ1n) is 4.99. The molecule has 96 valence electrons. The van der Waals surface area contributed by atoms with Crippen molar-refractivity contribution in [2.24, 2.45) is 0 Å². The van der Waals surface area contributed by atoms with Crippen LogP contribution in [0.1, 0.15) is 13.3 Å². The molecule has 4 nitrogen and oxygen atoms in total. The van der Waals surface area contributed by atoms with Gasteiger partial charge in [-0.25, -0.2) is 17.5 Å². The van der Waals surface area contributed by atoms with Gasteiger partial charge in [0, 0.05) is 10.5 Å². The summed E-state index contributed by atoms with van der Waals surface area (Å²) in [7, 11) is -3.75. The second-order valence-corrected chi connectivity index (χ2v) is 6.02. The first-order valence-corrected chi connectivity index (χ1v) is 7.26. The Labute approximate surface area is 108 Å². The minimum atomic E-state index is -3.75. The van der Waals surface area contributed by atoms with Gasteiger partial charge in [-0.1, -0.05) is 6.92 Å². The van der Waals surface area contributed by atoms with Crippen LogP contribution in [0.2, 0.25) is 0 Å². The summed E-state index contributed by atoms with van der Waals surface area (Å²) in [5.74, 6) is -0.523. The minimum absolute atomic E-state index is 0.0502. The molecule has 1 atom stereocenters. The second kappa shape index (κ2) is 5.90. The summed E-state index contributed by atoms with van der Waals surface area (Å²) in [5, 5.41) is 8.95. The Balaban J connectivity index is 3.05. The Morgan fingerprint density at radius 1 is 1.53 bits per heavy atom. The van der Waals surface area contributed by atoms with Gasteiger partial charge < -0.3 is 5.11 Å². The Kier molecular flexibility index (Phi) is 5.05. The van der Waals surface area contributed by atoms with Gasteiger partial charge >= 0.3 is 0 Å². The SMILES string of the molecule is CCC(CO)NS(=O)(=O)c1ccc(F)cc1Br. The number of nitrogens with one attached hydrogen (secondary N) is 1. The highest BCUT2D eigenvalue weighted by Crippen LogP contribution is 2.22. The number of rotatable bonds is 5. The van der Waals surface area contributed by atoms with Crippen LogP contribution in [0.3, 0.4) is 0 Å². The van der Waals surface area contributed by atoms with Crippen molar-refractivity contribution in [3.63, 3.8) is 0 Å². The normalized spacial score (nSPS) is 13.6. The molecule has 0 spiro atoms. The zero-order valence-corrected chi connectivity index (χ0v) is 11.6. The molecule has 0 saturated carbocycles. The van der Waals surface area contributed by atoms with Gasteiger partial charge in [-0.2, -0.15) is 0 Å². The van der Waals surface area contributed by atoms with Gasteiger partial charge in [0.15, 0.2) is 0 Å². The van der Waals surface area contributed by atoms with E-state index in [-0.39, 0.29) is 16.0 Å². The molecule has 1 unspecified atom stereocenters. The highest BCUT2D eigenvalue weighted by Gasteiger charge is 2.21. The van der Waals surface area contributed by atoms with Crippen molar-refractivity contribution in [2.75, 3.05) is 6.61 Å². The standard InChI is InChI=1S/C10H13BrFNO3S/c1-2-8(6-14)13-17(15,16)10-4-3-7(12)5-9(10)11/h3-5,8,13-14H,2,6H2,1H3. The molecule has 0 heterocycles. The van der Waals surface area contributed by atoms with Crippen LogP contribution in [0.4, 0.5) is 4.39 Å². The van der Waals surface area contributed by atoms with Gasteiger partial charge in [0.25, 0.3) is 0 Å². The maximum Gasteiger partial charge on any atom is 0.242 e. The lowest BCUT2D eigenvalue weighted by molar-refractivity contribution is 0.254. The largest absolute Gasteiger partial charge is 0.395 e. The number of benzene rings is 1. The molecule has 17 heavy (non-hydrogen) atoms. The molecule has 1 rings (SSSR count). The lowest BCUT2D eigenvalue weighted by Crippen LogP contribution is -2.37. The van der Waals surface area contributed by atoms with Crippen molar-refractivity contribution >= 4 is 26.0 Å². The highest BCUT2D eigenvalue weighted by atomic mass is 79.9. The van der Waals surface area contributed by atoms with Crippen LogP contribution in [0, 0.1) is 5.82 Å². The Morgan fingerprint density at radius 3 is 2.65 bits per heavy atom. The van der Waals surface area contributed by atoms with E-state index in [0.29, 0.717) is 6.42 Å². The third-order valence-corrected chi connectivity index (χ3v) is 4.72. The molecular weight excluding hydrogens is 313 g/mol. The molecule has 1 aromatic rings. The Hall–Kier alpha value is -0.500. The molecule has 2 N–H and O–H groups in total. The lowest BCUT2D eigenvalue weighted by Gasteiger charge is -2.15. The third kappa shape index (κ3) is 3.74. The van der Waals surface area contributed by atoms with Crippen LogP contribution >= 0.6 is 15.9 Å². The van der Waals surface area contributed by atoms with Crippen molar-refractivity contribution in [3.05, 3.63) is 28.5 Å². The summed E-state index contributed by atoms with van der Waals surface area (Å²) in [5.41, 5.74) is 0. The van der Waals surface area contributed by atoms with E-state index < -0.39 is 21.9 Å². The predicted molar refractivity (Wildman–Crippen MR) is 65.6 cm³/mol. The van der Waals surface area contributed by atoms with Gasteiger partial charge in [0.05, 0.1) is 11.5 Å². The Morgan fingerprint density at radius 2 is 2.18 bits per heavy atom. The van der Waals surface area contributed by atoms with E-state index in [9.17, 15) is 12.8 Å². The van der Waals surface area contributed by atoms with Gasteiger partial charge in [-0.3, -0.25) is 0 Å². The maximum absolute atomic E-state index is 12.8. The van der Waals surface area contributed by atoms with Crippen molar-refractivity contribution in [3.8, 4) is 0 Å². The molecular formula is C10H13BrFNO3S. The summed E-state index contributed by atoms with van der Waals surface area (Å²) in [6, 6.07) is 2.77. The molecule has 0 saturated heterocycles. The Bertz CT molecular complexity index is 488. The van der Waals surface area contributed by atoms with E-state index in [4.69, 9.17) is 5.11 Å². The smallest absolute Gasteiger partial charge is 0.242 e. The zero-order valence-electron chi connectivity index (χ0n) is 9.15. The first kappa shape index (κ1) is 14.6. The summed E-state index contributed by atoms with van der Waals surface area (Å²) in [6.45, 7) is 1.47. The molecule has 0 amide bonds. The van der Waals surface area contributed by atoms with E-state index in [0.717, 1.165) is 12.1 Å². The van der Waals surface area contributed by atoms with Crippen molar-refractivity contribution in [1.29, 1.82) is 0 Å². The number of hydrogen-bond acceptors (Lipinski definition) is 3. The summed E-state index contributed by atoms with van der Waals surface area (Å²) in [4.78, 5) is -0.0502. The molecule has 0 aromatic heterocycles. The molecule has 0 bridgehead atoms. The minimum Gasteiger partial charge on any atom is -0.395 e. The average Bonchev–Trinajstić information content (AvgIpc) is 2.25. The van der Waals surface area contributed by atoms with E-state index in [1.54, 1.807) is 6.92 Å². The highest BCUT2D eigenvalue weighted by molar-refractivity contribution is 9.10. The second-order valence-electron chi connectivity index (χ2n) is 3.48. The van der Waals surface area contributed by atoms with Crippen molar-refractivity contribution < 1.29 is 17.9 Å². The third-order valence-electron chi connectivity index (χ3n) is 2.22. The van der Waals surface area contributed by atoms with Gasteiger partial charge in [0.2, 0.25) is 10.0 Å². The molecule has 1 aromatic carbocycles. The van der Waals surface area contributed by atoms with Crippen molar-refractivity contribution in [1.82, 2.24) is 4.72 Å². The molecule has 0 aliphatic heterocycles. The molecule has 0 fully saturated rings. The fraction of sp³-hybridized carbons (Fsp3) is 0.400. The molecule has 7 heteroatoms. The zero-order chi connectivity index (χ0) is 13.1. The summed E-state index contributed by atoms with van der Waals surface area (Å²) >= 11 is 3.00. The monoisotopic (exact) mass is 325 g/mol. The van der Waals surface area contributed by atoms with Crippen LogP contribution in [-0.4, -0.2) is 26.2 Å². The maximum atomic E-state index is 12.8. The van der Waals surface area contributed by atoms with Gasteiger partial charge in [-0.15, -0.1) is 0 Å². The fourth-order valence-corrected chi connectivity index (χ4v) is 3.59. The number of sulfonamides is 1. The van der Waals surface area contributed by atoms with E-state index in [1.807, 2.05) is 0 Å². The predicted octanol–water partition coefficient (Wildman–Crippen LogP) is 1.64. The van der Waals surface area contributed by atoms with Crippen LogP contribution in [0.25, 0.3) is 0 Å². The summed E-state index contributed by atoms with van der Waals surface area (Å²) < 4.78 is 39.2. The lowest BCUT2D eigenvalue weighted by atomic mass is 10.3. The first-order chi connectivity index (χ1) is 7.90. The number of halogens is 2. The summed E-state index contributed by atoms with van der Waals surface area (Å²) in [6.07, 6.45) is 0.467. The molecule has 0 radical (unpaired) electrons. The van der Waals surface area contributed by atoms with Crippen molar-refractivity contribution in [2.45, 2.75) is 24.3 Å². The van der Waals surface area contributed by atoms with Crippen LogP contribution < -0.4 is 4.72 Å². The van der Waals surface area contributed by atoms with E-state index in [2.05, 4.69) is 20.7 Å². The molecule has 0 aliphatic carbocycles. The van der Waals surface area contributed by atoms with Crippen LogP contribution in [0.5, 0.6) is 0 Å². The number of hydrogen-bond donors (Lipinski definition) is 2. The average molecular weight is 326 g/mol. The topological polar surface area (TPSA) is 66.4 Å². The van der Waals surface area contributed by atoms with E-state index in [1.165, 1.54) is 6.07 Å². The molecule has 0 aliphatic rings. The number of aliphatic hydroxyl groups excluding tert-OH is 1. The fourth-order valence-electron chi connectivity index (χ4n) is 1.23. The van der Waals surface area contributed by atoms with Gasteiger partial charge in [0.1, 0.15) is 5.82 Å². The quantitative estimate of drug-likeness (QED) is 0.864.